The highest BCUT2D eigenvalue weighted by Gasteiger charge is 2.20. The van der Waals surface area contributed by atoms with Crippen LogP contribution in [0.15, 0.2) is 24.3 Å². The third kappa shape index (κ3) is 1.83. The molecule has 13 heavy (non-hydrogen) atoms. The summed E-state index contributed by atoms with van der Waals surface area (Å²) < 4.78 is 0. The van der Waals surface area contributed by atoms with E-state index < -0.39 is 0 Å². The molecule has 1 aliphatic rings. The maximum atomic E-state index is 10.8. The molecule has 1 heterocycles. The number of fused-ring (bicyclic) bond motifs is 1. The molecule has 0 aromatic heterocycles. The molecule has 0 bridgehead atoms. The molecule has 2 amide bonds. The van der Waals surface area contributed by atoms with Gasteiger partial charge in [-0.05, 0) is 11.1 Å². The minimum absolute atomic E-state index is 0. The zero-order valence-electron chi connectivity index (χ0n) is 7.06. The van der Waals surface area contributed by atoms with Gasteiger partial charge < -0.3 is 10.6 Å². The molecule has 0 fully saturated rings. The van der Waals surface area contributed by atoms with Crippen LogP contribution in [0.25, 0.3) is 0 Å². The standard InChI is InChI=1S/C9H10N2O.BrH/c10-9(12)11-5-7-3-1-2-4-8(7)6-11;/h1-4H,5-6H2,(H2,10,12);1H. The monoisotopic (exact) mass is 242 g/mol. The minimum Gasteiger partial charge on any atom is -0.351 e. The first-order chi connectivity index (χ1) is 5.77. The van der Waals surface area contributed by atoms with Crippen molar-refractivity contribution in [1.29, 1.82) is 0 Å². The van der Waals surface area contributed by atoms with E-state index in [1.165, 1.54) is 11.1 Å². The van der Waals surface area contributed by atoms with Gasteiger partial charge in [0, 0.05) is 13.1 Å². The summed E-state index contributed by atoms with van der Waals surface area (Å²) in [6.07, 6.45) is 0. The lowest BCUT2D eigenvalue weighted by atomic mass is 10.1. The number of nitrogens with two attached hydrogens (primary N) is 1. The van der Waals surface area contributed by atoms with E-state index in [0.29, 0.717) is 13.1 Å². The number of carbonyl (C=O) groups excluding carboxylic acids is 1. The average Bonchev–Trinajstić information content (AvgIpc) is 2.46. The summed E-state index contributed by atoms with van der Waals surface area (Å²) in [5.41, 5.74) is 7.57. The summed E-state index contributed by atoms with van der Waals surface area (Å²) in [5, 5.41) is 0. The fourth-order valence-electron chi connectivity index (χ4n) is 1.49. The van der Waals surface area contributed by atoms with Gasteiger partial charge in [0.2, 0.25) is 0 Å². The van der Waals surface area contributed by atoms with Crippen molar-refractivity contribution in [3.63, 3.8) is 0 Å². The molecule has 2 N–H and O–H groups in total. The number of hydrogen-bond acceptors (Lipinski definition) is 1. The van der Waals surface area contributed by atoms with E-state index in [9.17, 15) is 4.79 Å². The van der Waals surface area contributed by atoms with Gasteiger partial charge in [-0.1, -0.05) is 24.3 Å². The lowest BCUT2D eigenvalue weighted by Crippen LogP contribution is -2.30. The second-order valence-corrected chi connectivity index (χ2v) is 2.96. The topological polar surface area (TPSA) is 46.3 Å². The van der Waals surface area contributed by atoms with Crippen molar-refractivity contribution in [1.82, 2.24) is 4.90 Å². The van der Waals surface area contributed by atoms with E-state index in [1.807, 2.05) is 24.3 Å². The van der Waals surface area contributed by atoms with E-state index in [1.54, 1.807) is 4.90 Å². The fourth-order valence-corrected chi connectivity index (χ4v) is 1.49. The van der Waals surface area contributed by atoms with Crippen molar-refractivity contribution in [2.24, 2.45) is 5.73 Å². The molecule has 0 atom stereocenters. The van der Waals surface area contributed by atoms with Crippen LogP contribution < -0.4 is 5.73 Å². The number of benzene rings is 1. The summed E-state index contributed by atoms with van der Waals surface area (Å²) in [6.45, 7) is 1.32. The van der Waals surface area contributed by atoms with Crippen LogP contribution >= 0.6 is 17.0 Å². The molecule has 0 saturated carbocycles. The number of nitrogens with zero attached hydrogens (tertiary/aromatic N) is 1. The van der Waals surface area contributed by atoms with E-state index in [2.05, 4.69) is 0 Å². The number of urea groups is 1. The summed E-state index contributed by atoms with van der Waals surface area (Å²) in [6, 6.07) is 7.66. The normalized spacial score (nSPS) is 13.4. The van der Waals surface area contributed by atoms with Crippen LogP contribution in [0.5, 0.6) is 0 Å². The van der Waals surface area contributed by atoms with Gasteiger partial charge in [-0.15, -0.1) is 17.0 Å². The van der Waals surface area contributed by atoms with Crippen molar-refractivity contribution in [2.45, 2.75) is 13.1 Å². The molecule has 3 nitrogen and oxygen atoms in total. The molecular weight excluding hydrogens is 232 g/mol. The highest BCUT2D eigenvalue weighted by molar-refractivity contribution is 8.93. The Kier molecular flexibility index (Phi) is 2.93. The number of amides is 2. The van der Waals surface area contributed by atoms with Gasteiger partial charge in [-0.3, -0.25) is 0 Å². The van der Waals surface area contributed by atoms with Crippen LogP contribution in [-0.4, -0.2) is 10.9 Å². The number of halogens is 1. The number of rotatable bonds is 0. The Morgan fingerprint density at radius 3 is 2.08 bits per heavy atom. The number of primary amides is 1. The smallest absolute Gasteiger partial charge is 0.315 e. The number of hydrogen-bond donors (Lipinski definition) is 1. The fraction of sp³-hybridized carbons (Fsp3) is 0.222. The average molecular weight is 243 g/mol. The van der Waals surface area contributed by atoms with Crippen LogP contribution in [0, 0.1) is 0 Å². The van der Waals surface area contributed by atoms with Crippen molar-refractivity contribution >= 4 is 23.0 Å². The van der Waals surface area contributed by atoms with Gasteiger partial charge in [0.25, 0.3) is 0 Å². The molecule has 0 saturated heterocycles. The summed E-state index contributed by atoms with van der Waals surface area (Å²) >= 11 is 0. The van der Waals surface area contributed by atoms with Gasteiger partial charge in [0.1, 0.15) is 0 Å². The molecule has 4 heteroatoms. The summed E-state index contributed by atoms with van der Waals surface area (Å²) in [7, 11) is 0. The highest BCUT2D eigenvalue weighted by Crippen LogP contribution is 2.21. The molecule has 70 valence electrons. The van der Waals surface area contributed by atoms with Gasteiger partial charge in [0.15, 0.2) is 0 Å². The molecule has 1 aromatic carbocycles. The lowest BCUT2D eigenvalue weighted by Gasteiger charge is -2.10. The van der Waals surface area contributed by atoms with Crippen molar-refractivity contribution in [2.75, 3.05) is 0 Å². The molecule has 0 unspecified atom stereocenters. The first kappa shape index (κ1) is 10.1. The Labute approximate surface area is 87.3 Å². The van der Waals surface area contributed by atoms with Crippen LogP contribution in [0.2, 0.25) is 0 Å². The predicted octanol–water partition coefficient (Wildman–Crippen LogP) is 1.66. The van der Waals surface area contributed by atoms with Crippen molar-refractivity contribution in [3.05, 3.63) is 35.4 Å². The van der Waals surface area contributed by atoms with E-state index in [-0.39, 0.29) is 23.0 Å². The predicted molar refractivity (Wildman–Crippen MR) is 55.6 cm³/mol. The van der Waals surface area contributed by atoms with Gasteiger partial charge in [-0.25, -0.2) is 4.79 Å². The number of carbonyl (C=O) groups is 1. The van der Waals surface area contributed by atoms with Gasteiger partial charge in [0.05, 0.1) is 0 Å². The second-order valence-electron chi connectivity index (χ2n) is 2.96. The van der Waals surface area contributed by atoms with Crippen molar-refractivity contribution in [3.8, 4) is 0 Å². The zero-order valence-corrected chi connectivity index (χ0v) is 8.78. The minimum atomic E-state index is -0.341. The second kappa shape index (κ2) is 3.79. The quantitative estimate of drug-likeness (QED) is 0.740. The van der Waals surface area contributed by atoms with Gasteiger partial charge in [-0.2, -0.15) is 0 Å². The summed E-state index contributed by atoms with van der Waals surface area (Å²) in [4.78, 5) is 12.4. The van der Waals surface area contributed by atoms with Crippen LogP contribution in [-0.2, 0) is 13.1 Å². The third-order valence-corrected chi connectivity index (χ3v) is 2.15. The SMILES string of the molecule is Br.NC(=O)N1Cc2ccccc2C1. The molecule has 1 aromatic rings. The van der Waals surface area contributed by atoms with Crippen LogP contribution in [0.1, 0.15) is 11.1 Å². The highest BCUT2D eigenvalue weighted by atomic mass is 79.9. The molecular formula is C9H11BrN2O. The lowest BCUT2D eigenvalue weighted by molar-refractivity contribution is 0.208. The Balaban J connectivity index is 0.000000845. The first-order valence-electron chi connectivity index (χ1n) is 3.88. The van der Waals surface area contributed by atoms with Crippen molar-refractivity contribution < 1.29 is 4.79 Å². The summed E-state index contributed by atoms with van der Waals surface area (Å²) in [5.74, 6) is 0. The van der Waals surface area contributed by atoms with Gasteiger partial charge >= 0.3 is 6.03 Å². The van der Waals surface area contributed by atoms with E-state index >= 15 is 0 Å². The van der Waals surface area contributed by atoms with E-state index in [0.717, 1.165) is 0 Å². The maximum absolute atomic E-state index is 10.8. The zero-order chi connectivity index (χ0) is 8.55. The van der Waals surface area contributed by atoms with Crippen LogP contribution in [0.3, 0.4) is 0 Å². The molecule has 1 aliphatic heterocycles. The maximum Gasteiger partial charge on any atom is 0.315 e. The molecule has 2 rings (SSSR count). The van der Waals surface area contributed by atoms with Crippen LogP contribution in [0.4, 0.5) is 4.79 Å². The molecule has 0 spiro atoms. The third-order valence-electron chi connectivity index (χ3n) is 2.15. The Bertz CT molecular complexity index is 302. The largest absolute Gasteiger partial charge is 0.351 e. The van der Waals surface area contributed by atoms with E-state index in [4.69, 9.17) is 5.73 Å². The Morgan fingerprint density at radius 1 is 1.23 bits per heavy atom. The first-order valence-corrected chi connectivity index (χ1v) is 3.88. The Morgan fingerprint density at radius 2 is 1.69 bits per heavy atom. The molecule has 0 aliphatic carbocycles. The Hall–Kier alpha value is -1.03. The molecule has 0 radical (unpaired) electrons.